The van der Waals surface area contributed by atoms with Gasteiger partial charge in [-0.2, -0.15) is 5.10 Å². The number of para-hydroxylation sites is 2. The van der Waals surface area contributed by atoms with Crippen molar-refractivity contribution in [2.24, 2.45) is 5.10 Å². The Balaban J connectivity index is 1.70. The Kier molecular flexibility index (Phi) is 10.9. The molecule has 0 radical (unpaired) electrons. The lowest BCUT2D eigenvalue weighted by Crippen LogP contribution is -2.39. The molecule has 1 N–H and O–H groups in total. The van der Waals surface area contributed by atoms with Gasteiger partial charge in [0.15, 0.2) is 11.5 Å². The van der Waals surface area contributed by atoms with Crippen molar-refractivity contribution in [1.29, 1.82) is 0 Å². The van der Waals surface area contributed by atoms with Gasteiger partial charge in [-0.1, -0.05) is 41.4 Å². The van der Waals surface area contributed by atoms with Crippen LogP contribution < -0.4 is 23.9 Å². The molecule has 0 bridgehead atoms. The number of halogens is 3. The van der Waals surface area contributed by atoms with Gasteiger partial charge in [0.05, 0.1) is 46.4 Å². The highest BCUT2D eigenvalue weighted by atomic mass is 79.9. The molecule has 0 aromatic heterocycles. The van der Waals surface area contributed by atoms with E-state index in [-0.39, 0.29) is 12.3 Å². The van der Waals surface area contributed by atoms with E-state index in [1.165, 1.54) is 13.3 Å². The van der Waals surface area contributed by atoms with E-state index in [0.29, 0.717) is 43.9 Å². The Hall–Kier alpha value is -2.99. The normalized spacial score (nSPS) is 11.3. The fraction of sp³-hybridized carbons (Fsp3) is 0.231. The zero-order valence-electron chi connectivity index (χ0n) is 21.3. The summed E-state index contributed by atoms with van der Waals surface area (Å²) in [7, 11) is -2.29. The van der Waals surface area contributed by atoms with Gasteiger partial charge in [0.2, 0.25) is 10.0 Å². The van der Waals surface area contributed by atoms with Gasteiger partial charge < -0.3 is 14.2 Å². The Morgan fingerprint density at radius 3 is 2.49 bits per heavy atom. The summed E-state index contributed by atoms with van der Waals surface area (Å²) in [5, 5.41) is 4.84. The Morgan fingerprint density at radius 2 is 1.82 bits per heavy atom. The number of carbonyl (C=O) groups is 1. The molecule has 0 heterocycles. The van der Waals surface area contributed by atoms with Crippen LogP contribution in [0.1, 0.15) is 18.1 Å². The monoisotopic (exact) mass is 657 g/mol. The van der Waals surface area contributed by atoms with Crippen LogP contribution in [-0.2, 0) is 21.4 Å². The molecule has 9 nitrogen and oxygen atoms in total. The molecule has 0 aliphatic carbocycles. The lowest BCUT2D eigenvalue weighted by atomic mass is 10.2. The first kappa shape index (κ1) is 30.6. The summed E-state index contributed by atoms with van der Waals surface area (Å²) in [4.78, 5) is 12.6. The van der Waals surface area contributed by atoms with Crippen molar-refractivity contribution in [1.82, 2.24) is 5.43 Å². The van der Waals surface area contributed by atoms with Crippen molar-refractivity contribution in [3.05, 3.63) is 80.2 Å². The third kappa shape index (κ3) is 8.50. The third-order valence-electron chi connectivity index (χ3n) is 5.14. The SMILES string of the molecule is CCOc1ccccc1N(CC(=O)N/N=C\c1cc(Br)c(OCc2ccc(Cl)c(Cl)c2)c(OC)c1)S(C)(=O)=O. The highest BCUT2D eigenvalue weighted by molar-refractivity contribution is 9.10. The quantitative estimate of drug-likeness (QED) is 0.199. The molecular formula is C26H26BrCl2N3O6S. The standard InChI is InChI=1S/C26H26BrCl2N3O6S/c1-4-37-23-8-6-5-7-22(23)32(39(3,34)35)15-25(33)31-30-14-18-11-19(27)26(24(13-18)36-2)38-16-17-9-10-20(28)21(29)12-17/h5-14H,4,15-16H2,1-3H3,(H,31,33)/b30-14-. The number of nitrogens with one attached hydrogen (secondary N) is 1. The molecule has 0 aliphatic rings. The van der Waals surface area contributed by atoms with Crippen LogP contribution in [0.15, 0.2) is 64.2 Å². The second-order valence-corrected chi connectivity index (χ2v) is 11.6. The lowest BCUT2D eigenvalue weighted by molar-refractivity contribution is -0.119. The molecule has 208 valence electrons. The maximum Gasteiger partial charge on any atom is 0.260 e. The zero-order chi connectivity index (χ0) is 28.6. The summed E-state index contributed by atoms with van der Waals surface area (Å²) in [6.07, 6.45) is 2.41. The molecule has 0 spiro atoms. The third-order valence-corrected chi connectivity index (χ3v) is 7.60. The van der Waals surface area contributed by atoms with Crippen LogP contribution in [0.4, 0.5) is 5.69 Å². The summed E-state index contributed by atoms with van der Waals surface area (Å²) in [6.45, 7) is 1.85. The smallest absolute Gasteiger partial charge is 0.260 e. The lowest BCUT2D eigenvalue weighted by Gasteiger charge is -2.23. The van der Waals surface area contributed by atoms with Crippen LogP contribution in [0.25, 0.3) is 0 Å². The number of anilines is 1. The van der Waals surface area contributed by atoms with Crippen molar-refractivity contribution in [2.45, 2.75) is 13.5 Å². The maximum absolute atomic E-state index is 12.6. The number of sulfonamides is 1. The predicted molar refractivity (Wildman–Crippen MR) is 157 cm³/mol. The number of rotatable bonds is 12. The highest BCUT2D eigenvalue weighted by Crippen LogP contribution is 2.37. The summed E-state index contributed by atoms with van der Waals surface area (Å²) < 4.78 is 43.3. The molecule has 0 saturated carbocycles. The minimum Gasteiger partial charge on any atom is -0.493 e. The second-order valence-electron chi connectivity index (χ2n) is 8.03. The van der Waals surface area contributed by atoms with Gasteiger partial charge >= 0.3 is 0 Å². The molecule has 0 fully saturated rings. The number of hydrogen-bond acceptors (Lipinski definition) is 7. The van der Waals surface area contributed by atoms with Gasteiger partial charge in [0, 0.05) is 0 Å². The van der Waals surface area contributed by atoms with E-state index in [1.54, 1.807) is 61.5 Å². The summed E-state index contributed by atoms with van der Waals surface area (Å²) >= 11 is 15.5. The van der Waals surface area contributed by atoms with Crippen LogP contribution in [0, 0.1) is 0 Å². The molecule has 0 unspecified atom stereocenters. The highest BCUT2D eigenvalue weighted by Gasteiger charge is 2.23. The number of nitrogens with zero attached hydrogens (tertiary/aromatic N) is 2. The molecule has 0 aliphatic heterocycles. The van der Waals surface area contributed by atoms with Crippen molar-refractivity contribution in [3.8, 4) is 17.2 Å². The minimum absolute atomic E-state index is 0.221. The van der Waals surface area contributed by atoms with E-state index in [9.17, 15) is 13.2 Å². The average molecular weight is 659 g/mol. The van der Waals surface area contributed by atoms with E-state index in [4.69, 9.17) is 37.4 Å². The molecule has 1 amide bonds. The van der Waals surface area contributed by atoms with E-state index >= 15 is 0 Å². The number of hydrogen-bond donors (Lipinski definition) is 1. The van der Waals surface area contributed by atoms with Crippen LogP contribution >= 0.6 is 39.1 Å². The molecule has 3 aromatic carbocycles. The summed E-state index contributed by atoms with van der Waals surface area (Å²) in [6, 6.07) is 15.2. The van der Waals surface area contributed by atoms with Crippen molar-refractivity contribution in [2.75, 3.05) is 30.8 Å². The number of hydrazone groups is 1. The summed E-state index contributed by atoms with van der Waals surface area (Å²) in [5.41, 5.74) is 4.02. The number of carbonyl (C=O) groups excluding carboxylic acids is 1. The van der Waals surface area contributed by atoms with E-state index in [0.717, 1.165) is 16.1 Å². The molecule has 3 rings (SSSR count). The zero-order valence-corrected chi connectivity index (χ0v) is 25.2. The van der Waals surface area contributed by atoms with Crippen molar-refractivity contribution >= 4 is 67.0 Å². The fourth-order valence-electron chi connectivity index (χ4n) is 3.41. The van der Waals surface area contributed by atoms with E-state index < -0.39 is 22.5 Å². The molecule has 3 aromatic rings. The first-order valence-electron chi connectivity index (χ1n) is 11.5. The van der Waals surface area contributed by atoms with Gasteiger partial charge in [-0.05, 0) is 70.4 Å². The van der Waals surface area contributed by atoms with Crippen molar-refractivity contribution < 1.29 is 27.4 Å². The van der Waals surface area contributed by atoms with Crippen LogP contribution in [0.2, 0.25) is 10.0 Å². The number of amides is 1. The minimum atomic E-state index is -3.79. The van der Waals surface area contributed by atoms with Crippen LogP contribution in [-0.4, -0.2) is 47.1 Å². The largest absolute Gasteiger partial charge is 0.493 e. The van der Waals surface area contributed by atoms with Crippen molar-refractivity contribution in [3.63, 3.8) is 0 Å². The molecule has 13 heteroatoms. The first-order chi connectivity index (χ1) is 18.5. The molecular weight excluding hydrogens is 633 g/mol. The molecule has 0 atom stereocenters. The molecule has 39 heavy (non-hydrogen) atoms. The fourth-order valence-corrected chi connectivity index (χ4v) is 5.16. The Labute approximate surface area is 245 Å². The van der Waals surface area contributed by atoms with Gasteiger partial charge in [0.1, 0.15) is 18.9 Å². The maximum atomic E-state index is 12.6. The van der Waals surface area contributed by atoms with Gasteiger partial charge in [-0.3, -0.25) is 9.10 Å². The summed E-state index contributed by atoms with van der Waals surface area (Å²) in [5.74, 6) is 0.588. The van der Waals surface area contributed by atoms with Gasteiger partial charge in [0.25, 0.3) is 5.91 Å². The van der Waals surface area contributed by atoms with Gasteiger partial charge in [-0.25, -0.2) is 13.8 Å². The number of methoxy groups -OCH3 is 1. The van der Waals surface area contributed by atoms with Crippen LogP contribution in [0.5, 0.6) is 17.2 Å². The Morgan fingerprint density at radius 1 is 1.08 bits per heavy atom. The van der Waals surface area contributed by atoms with Crippen LogP contribution in [0.3, 0.4) is 0 Å². The topological polar surface area (TPSA) is 107 Å². The average Bonchev–Trinajstić information content (AvgIpc) is 2.88. The van der Waals surface area contributed by atoms with E-state index in [1.807, 2.05) is 0 Å². The first-order valence-corrected chi connectivity index (χ1v) is 14.9. The van der Waals surface area contributed by atoms with E-state index in [2.05, 4.69) is 26.5 Å². The Bertz CT molecular complexity index is 1470. The number of benzene rings is 3. The predicted octanol–water partition coefficient (Wildman–Crippen LogP) is 5.66. The number of ether oxygens (including phenoxy) is 3. The second kappa shape index (κ2) is 13.9. The molecule has 0 saturated heterocycles. The van der Waals surface area contributed by atoms with Gasteiger partial charge in [-0.15, -0.1) is 0 Å².